The van der Waals surface area contributed by atoms with Crippen LogP contribution in [0.2, 0.25) is 5.02 Å². The van der Waals surface area contributed by atoms with Gasteiger partial charge in [-0.3, -0.25) is 9.59 Å². The minimum absolute atomic E-state index is 0.145. The molecule has 0 aliphatic rings. The van der Waals surface area contributed by atoms with Crippen LogP contribution in [-0.4, -0.2) is 18.9 Å². The van der Waals surface area contributed by atoms with Gasteiger partial charge in [0.05, 0.1) is 12.1 Å². The molecule has 3 nitrogen and oxygen atoms in total. The molecule has 1 aromatic carbocycles. The maximum Gasteiger partial charge on any atom is 0.316 e. The van der Waals surface area contributed by atoms with Gasteiger partial charge in [-0.2, -0.15) is 0 Å². The Morgan fingerprint density at radius 2 is 1.94 bits per heavy atom. The molecule has 0 fully saturated rings. The number of methoxy groups -OCH3 is 1. The Hall–Kier alpha value is -1.42. The molecule has 1 aromatic rings. The topological polar surface area (TPSA) is 43.4 Å². The molecule has 18 heavy (non-hydrogen) atoms. The molecule has 0 aliphatic carbocycles. The molecule has 0 amide bonds. The Labute approximate surface area is 110 Å². The van der Waals surface area contributed by atoms with Gasteiger partial charge in [0.25, 0.3) is 0 Å². The van der Waals surface area contributed by atoms with Gasteiger partial charge in [0.1, 0.15) is 11.7 Å². The summed E-state index contributed by atoms with van der Waals surface area (Å²) in [6.07, 6.45) is 0. The number of halogens is 2. The molecule has 0 radical (unpaired) electrons. The van der Waals surface area contributed by atoms with E-state index in [4.69, 9.17) is 11.6 Å². The number of hydrogen-bond donors (Lipinski definition) is 0. The van der Waals surface area contributed by atoms with Crippen molar-refractivity contribution >= 4 is 23.4 Å². The third kappa shape index (κ3) is 3.07. The van der Waals surface area contributed by atoms with Crippen LogP contribution in [0.5, 0.6) is 0 Å². The van der Waals surface area contributed by atoms with E-state index in [1.165, 1.54) is 19.2 Å². The lowest BCUT2D eigenvalue weighted by Gasteiger charge is -2.17. The van der Waals surface area contributed by atoms with E-state index in [9.17, 15) is 14.0 Å². The highest BCUT2D eigenvalue weighted by molar-refractivity contribution is 6.31. The quantitative estimate of drug-likeness (QED) is 0.480. The number of carbonyl (C=O) groups is 2. The largest absolute Gasteiger partial charge is 0.468 e. The summed E-state index contributed by atoms with van der Waals surface area (Å²) in [7, 11) is 1.22. The summed E-state index contributed by atoms with van der Waals surface area (Å²) in [5.41, 5.74) is 0.200. The maximum absolute atomic E-state index is 13.0. The highest BCUT2D eigenvalue weighted by Crippen LogP contribution is 2.22. The van der Waals surface area contributed by atoms with Crippen LogP contribution in [0.25, 0.3) is 0 Å². The van der Waals surface area contributed by atoms with E-state index in [1.807, 2.05) is 0 Å². The Bertz CT molecular complexity index is 471. The van der Waals surface area contributed by atoms with Gasteiger partial charge in [0, 0.05) is 5.56 Å². The number of hydrogen-bond acceptors (Lipinski definition) is 3. The molecule has 0 aromatic heterocycles. The zero-order chi connectivity index (χ0) is 13.9. The molecular weight excluding hydrogens is 259 g/mol. The lowest BCUT2D eigenvalue weighted by atomic mass is 9.88. The zero-order valence-corrected chi connectivity index (χ0v) is 11.1. The van der Waals surface area contributed by atoms with Gasteiger partial charge in [-0.25, -0.2) is 4.39 Å². The third-order valence-electron chi connectivity index (χ3n) is 2.61. The molecule has 5 heteroatoms. The Kier molecular flexibility index (Phi) is 4.84. The third-order valence-corrected chi connectivity index (χ3v) is 2.90. The first-order valence-electron chi connectivity index (χ1n) is 5.45. The fraction of sp³-hybridized carbons (Fsp3) is 0.385. The second-order valence-corrected chi connectivity index (χ2v) is 4.65. The summed E-state index contributed by atoms with van der Waals surface area (Å²) in [5, 5.41) is -0.145. The molecule has 0 N–H and O–H groups in total. The first-order valence-corrected chi connectivity index (χ1v) is 5.83. The number of ether oxygens (including phenoxy) is 1. The van der Waals surface area contributed by atoms with Crippen LogP contribution in [0.3, 0.4) is 0 Å². The number of benzene rings is 1. The molecule has 1 atom stereocenters. The highest BCUT2D eigenvalue weighted by Gasteiger charge is 2.31. The van der Waals surface area contributed by atoms with Crippen LogP contribution in [0.15, 0.2) is 18.2 Å². The summed E-state index contributed by atoms with van der Waals surface area (Å²) in [6, 6.07) is 3.63. The van der Waals surface area contributed by atoms with Gasteiger partial charge < -0.3 is 4.74 Å². The normalized spacial score (nSPS) is 12.3. The van der Waals surface area contributed by atoms with E-state index in [0.29, 0.717) is 0 Å². The van der Waals surface area contributed by atoms with E-state index in [0.717, 1.165) is 6.07 Å². The maximum atomic E-state index is 13.0. The molecule has 0 saturated carbocycles. The van der Waals surface area contributed by atoms with Gasteiger partial charge in [0.2, 0.25) is 0 Å². The van der Waals surface area contributed by atoms with E-state index in [2.05, 4.69) is 4.74 Å². The van der Waals surface area contributed by atoms with Crippen LogP contribution in [0.1, 0.15) is 24.2 Å². The zero-order valence-electron chi connectivity index (χ0n) is 10.4. The van der Waals surface area contributed by atoms with Crippen LogP contribution in [-0.2, 0) is 9.53 Å². The average Bonchev–Trinajstić information content (AvgIpc) is 2.32. The smallest absolute Gasteiger partial charge is 0.316 e. The molecule has 0 spiro atoms. The fourth-order valence-electron chi connectivity index (χ4n) is 1.64. The number of Topliss-reactive ketones (excluding diaryl/α,β-unsaturated/α-hetero) is 1. The second-order valence-electron chi connectivity index (χ2n) is 4.24. The summed E-state index contributed by atoms with van der Waals surface area (Å²) >= 11 is 5.61. The number of rotatable bonds is 4. The van der Waals surface area contributed by atoms with E-state index in [1.54, 1.807) is 13.8 Å². The van der Waals surface area contributed by atoms with E-state index in [-0.39, 0.29) is 16.5 Å². The Balaban J connectivity index is 3.10. The number of ketones is 1. The molecule has 0 bridgehead atoms. The second kappa shape index (κ2) is 5.96. The summed E-state index contributed by atoms with van der Waals surface area (Å²) in [6.45, 7) is 3.48. The Morgan fingerprint density at radius 1 is 1.33 bits per heavy atom. The minimum atomic E-state index is -0.906. The van der Waals surface area contributed by atoms with Gasteiger partial charge in [0.15, 0.2) is 5.78 Å². The lowest BCUT2D eigenvalue weighted by Crippen LogP contribution is -2.30. The highest BCUT2D eigenvalue weighted by atomic mass is 35.5. The van der Waals surface area contributed by atoms with Crippen molar-refractivity contribution in [1.29, 1.82) is 0 Å². The van der Waals surface area contributed by atoms with Crippen molar-refractivity contribution in [3.8, 4) is 0 Å². The van der Waals surface area contributed by atoms with Crippen molar-refractivity contribution in [2.45, 2.75) is 13.8 Å². The minimum Gasteiger partial charge on any atom is -0.468 e. The SMILES string of the molecule is COC(=O)C(C(=O)c1ccc(F)c(Cl)c1)C(C)C. The van der Waals surface area contributed by atoms with Crippen LogP contribution >= 0.6 is 11.6 Å². The predicted octanol–water partition coefficient (Wildman–Crippen LogP) is 3.11. The first kappa shape index (κ1) is 14.6. The number of carbonyl (C=O) groups excluding carboxylic acids is 2. The molecule has 0 aliphatic heterocycles. The molecular formula is C13H14ClFO3. The van der Waals surface area contributed by atoms with Gasteiger partial charge in [-0.15, -0.1) is 0 Å². The van der Waals surface area contributed by atoms with Gasteiger partial charge in [-0.05, 0) is 24.1 Å². The van der Waals surface area contributed by atoms with Crippen molar-refractivity contribution in [3.63, 3.8) is 0 Å². The predicted molar refractivity (Wildman–Crippen MR) is 66.1 cm³/mol. The standard InChI is InChI=1S/C13H14ClFO3/c1-7(2)11(13(17)18-3)12(16)8-4-5-10(15)9(14)6-8/h4-7,11H,1-3H3. The van der Waals surface area contributed by atoms with Gasteiger partial charge in [-0.1, -0.05) is 25.4 Å². The molecule has 98 valence electrons. The van der Waals surface area contributed by atoms with Crippen LogP contribution in [0.4, 0.5) is 4.39 Å². The average molecular weight is 273 g/mol. The fourth-order valence-corrected chi connectivity index (χ4v) is 1.82. The Morgan fingerprint density at radius 3 is 2.39 bits per heavy atom. The van der Waals surface area contributed by atoms with Crippen molar-refractivity contribution in [2.24, 2.45) is 11.8 Å². The summed E-state index contributed by atoms with van der Waals surface area (Å²) < 4.78 is 17.6. The molecule has 0 heterocycles. The molecule has 0 saturated heterocycles. The lowest BCUT2D eigenvalue weighted by molar-refractivity contribution is -0.144. The van der Waals surface area contributed by atoms with E-state index < -0.39 is 23.5 Å². The molecule has 1 rings (SSSR count). The van der Waals surface area contributed by atoms with Crippen molar-refractivity contribution < 1.29 is 18.7 Å². The molecule has 1 unspecified atom stereocenters. The first-order chi connectivity index (χ1) is 8.38. The summed E-state index contributed by atoms with van der Waals surface area (Å²) in [5.74, 6) is -2.74. The monoisotopic (exact) mass is 272 g/mol. The van der Waals surface area contributed by atoms with Crippen molar-refractivity contribution in [3.05, 3.63) is 34.6 Å². The number of esters is 1. The summed E-state index contributed by atoms with van der Waals surface area (Å²) in [4.78, 5) is 23.7. The van der Waals surface area contributed by atoms with Crippen LogP contribution < -0.4 is 0 Å². The van der Waals surface area contributed by atoms with Crippen molar-refractivity contribution in [2.75, 3.05) is 7.11 Å². The van der Waals surface area contributed by atoms with Crippen LogP contribution in [0, 0.1) is 17.7 Å². The van der Waals surface area contributed by atoms with Gasteiger partial charge >= 0.3 is 5.97 Å². The van der Waals surface area contributed by atoms with E-state index >= 15 is 0 Å². The van der Waals surface area contributed by atoms with Crippen molar-refractivity contribution in [1.82, 2.24) is 0 Å².